The number of aromatic carboxylic acids is 1. The van der Waals surface area contributed by atoms with Gasteiger partial charge in [0, 0.05) is 4.47 Å². The standard InChI is InChI=1S/C17H14Br2O5/c1-2-7-23-15-5-3-10(8-13(15)19)17(22)24-14-6-4-11(18)9-12(14)16(20)21/h3-6,8-9H,2,7H2,1H3,(H,20,21). The average molecular weight is 458 g/mol. The van der Waals surface area contributed by atoms with Gasteiger partial charge in [-0.15, -0.1) is 0 Å². The summed E-state index contributed by atoms with van der Waals surface area (Å²) < 4.78 is 12.0. The molecule has 126 valence electrons. The van der Waals surface area contributed by atoms with Crippen LogP contribution in [0.25, 0.3) is 0 Å². The average Bonchev–Trinajstić information content (AvgIpc) is 2.55. The predicted molar refractivity (Wildman–Crippen MR) is 96.0 cm³/mol. The topological polar surface area (TPSA) is 72.8 Å². The molecular formula is C17H14Br2O5. The molecule has 0 aliphatic heterocycles. The van der Waals surface area contributed by atoms with Crippen molar-refractivity contribution in [1.82, 2.24) is 0 Å². The molecule has 7 heteroatoms. The fourth-order valence-electron chi connectivity index (χ4n) is 1.87. The largest absolute Gasteiger partial charge is 0.492 e. The number of rotatable bonds is 6. The highest BCUT2D eigenvalue weighted by Crippen LogP contribution is 2.28. The van der Waals surface area contributed by atoms with Crippen LogP contribution in [-0.2, 0) is 0 Å². The molecule has 0 radical (unpaired) electrons. The van der Waals surface area contributed by atoms with E-state index in [1.165, 1.54) is 12.1 Å². The first kappa shape index (κ1) is 18.5. The predicted octanol–water partition coefficient (Wildman–Crippen LogP) is 4.92. The van der Waals surface area contributed by atoms with E-state index in [-0.39, 0.29) is 16.9 Å². The smallest absolute Gasteiger partial charge is 0.343 e. The maximum absolute atomic E-state index is 12.3. The third kappa shape index (κ3) is 4.58. The van der Waals surface area contributed by atoms with Gasteiger partial charge in [-0.05, 0) is 58.7 Å². The van der Waals surface area contributed by atoms with Gasteiger partial charge < -0.3 is 14.6 Å². The lowest BCUT2D eigenvalue weighted by atomic mass is 10.2. The lowest BCUT2D eigenvalue weighted by Crippen LogP contribution is -2.11. The van der Waals surface area contributed by atoms with Crippen molar-refractivity contribution in [3.63, 3.8) is 0 Å². The molecule has 5 nitrogen and oxygen atoms in total. The van der Waals surface area contributed by atoms with Crippen molar-refractivity contribution < 1.29 is 24.2 Å². The Morgan fingerprint density at radius 1 is 1.08 bits per heavy atom. The van der Waals surface area contributed by atoms with Crippen LogP contribution >= 0.6 is 31.9 Å². The van der Waals surface area contributed by atoms with Crippen molar-refractivity contribution in [1.29, 1.82) is 0 Å². The normalized spacial score (nSPS) is 10.3. The minimum absolute atomic E-state index is 0.0156. The van der Waals surface area contributed by atoms with Gasteiger partial charge in [0.2, 0.25) is 0 Å². The molecule has 0 aromatic heterocycles. The molecule has 0 heterocycles. The first-order valence-corrected chi connectivity index (χ1v) is 8.68. The van der Waals surface area contributed by atoms with Gasteiger partial charge in [0.15, 0.2) is 0 Å². The Hall–Kier alpha value is -1.86. The van der Waals surface area contributed by atoms with Crippen LogP contribution in [0.2, 0.25) is 0 Å². The van der Waals surface area contributed by atoms with Crippen LogP contribution in [0, 0.1) is 0 Å². The van der Waals surface area contributed by atoms with Gasteiger partial charge in [-0.25, -0.2) is 9.59 Å². The number of hydrogen-bond donors (Lipinski definition) is 1. The van der Waals surface area contributed by atoms with Crippen molar-refractivity contribution in [3.05, 3.63) is 56.5 Å². The van der Waals surface area contributed by atoms with E-state index in [1.807, 2.05) is 6.92 Å². The summed E-state index contributed by atoms with van der Waals surface area (Å²) in [7, 11) is 0. The van der Waals surface area contributed by atoms with Crippen molar-refractivity contribution >= 4 is 43.8 Å². The Bertz CT molecular complexity index is 774. The van der Waals surface area contributed by atoms with Crippen molar-refractivity contribution in [2.45, 2.75) is 13.3 Å². The van der Waals surface area contributed by atoms with Gasteiger partial charge in [0.05, 0.1) is 16.6 Å². The van der Waals surface area contributed by atoms with Crippen LogP contribution in [0.3, 0.4) is 0 Å². The van der Waals surface area contributed by atoms with Gasteiger partial charge in [-0.2, -0.15) is 0 Å². The first-order valence-electron chi connectivity index (χ1n) is 7.09. The summed E-state index contributed by atoms with van der Waals surface area (Å²) in [6.07, 6.45) is 0.873. The van der Waals surface area contributed by atoms with Crippen LogP contribution in [0.5, 0.6) is 11.5 Å². The van der Waals surface area contributed by atoms with Crippen LogP contribution in [0.4, 0.5) is 0 Å². The lowest BCUT2D eigenvalue weighted by Gasteiger charge is -2.10. The van der Waals surface area contributed by atoms with E-state index >= 15 is 0 Å². The molecule has 1 N–H and O–H groups in total. The minimum atomic E-state index is -1.18. The molecule has 0 saturated heterocycles. The maximum Gasteiger partial charge on any atom is 0.343 e. The molecule has 0 amide bonds. The zero-order valence-corrected chi connectivity index (χ0v) is 15.9. The van der Waals surface area contributed by atoms with E-state index in [0.29, 0.717) is 21.3 Å². The summed E-state index contributed by atoms with van der Waals surface area (Å²) >= 11 is 6.54. The monoisotopic (exact) mass is 456 g/mol. The molecule has 0 unspecified atom stereocenters. The van der Waals surface area contributed by atoms with E-state index in [0.717, 1.165) is 6.42 Å². The second-order valence-corrected chi connectivity index (χ2v) is 6.60. The van der Waals surface area contributed by atoms with E-state index in [4.69, 9.17) is 9.47 Å². The van der Waals surface area contributed by atoms with Gasteiger partial charge in [0.25, 0.3) is 0 Å². The Morgan fingerprint density at radius 3 is 2.42 bits per heavy atom. The van der Waals surface area contributed by atoms with Crippen LogP contribution in [0.1, 0.15) is 34.1 Å². The molecule has 0 atom stereocenters. The van der Waals surface area contributed by atoms with E-state index < -0.39 is 11.9 Å². The summed E-state index contributed by atoms with van der Waals surface area (Å²) in [6.45, 7) is 2.57. The van der Waals surface area contributed by atoms with Crippen molar-refractivity contribution in [2.75, 3.05) is 6.61 Å². The summed E-state index contributed by atoms with van der Waals surface area (Å²) in [5, 5.41) is 9.20. The minimum Gasteiger partial charge on any atom is -0.492 e. The second kappa shape index (κ2) is 8.30. The van der Waals surface area contributed by atoms with Crippen molar-refractivity contribution in [2.24, 2.45) is 0 Å². The molecule has 0 aliphatic rings. The third-order valence-corrected chi connectivity index (χ3v) is 4.12. The first-order chi connectivity index (χ1) is 11.4. The highest BCUT2D eigenvalue weighted by molar-refractivity contribution is 9.10. The number of carboxylic acids is 1. The summed E-state index contributed by atoms with van der Waals surface area (Å²) in [6, 6.07) is 9.22. The van der Waals surface area contributed by atoms with Gasteiger partial charge in [-0.1, -0.05) is 22.9 Å². The highest BCUT2D eigenvalue weighted by Gasteiger charge is 2.17. The zero-order valence-electron chi connectivity index (χ0n) is 12.7. The summed E-state index contributed by atoms with van der Waals surface area (Å²) in [4.78, 5) is 23.5. The number of benzene rings is 2. The molecule has 0 saturated carbocycles. The molecule has 24 heavy (non-hydrogen) atoms. The fraction of sp³-hybridized carbons (Fsp3) is 0.176. The number of carbonyl (C=O) groups excluding carboxylic acids is 1. The van der Waals surface area contributed by atoms with Crippen LogP contribution < -0.4 is 9.47 Å². The molecule has 2 rings (SSSR count). The lowest BCUT2D eigenvalue weighted by molar-refractivity contribution is 0.0681. The third-order valence-electron chi connectivity index (χ3n) is 3.00. The fourth-order valence-corrected chi connectivity index (χ4v) is 2.73. The Labute approximate surface area is 155 Å². The van der Waals surface area contributed by atoms with E-state index in [9.17, 15) is 14.7 Å². The number of carbonyl (C=O) groups is 2. The molecule has 2 aromatic rings. The second-order valence-electron chi connectivity index (χ2n) is 4.83. The SMILES string of the molecule is CCCOc1ccc(C(=O)Oc2ccc(Br)cc2C(=O)O)cc1Br. The summed E-state index contributed by atoms with van der Waals surface area (Å²) in [5.41, 5.74) is 0.185. The Morgan fingerprint density at radius 2 is 1.79 bits per heavy atom. The van der Waals surface area contributed by atoms with Crippen LogP contribution in [-0.4, -0.2) is 23.7 Å². The number of esters is 1. The maximum atomic E-state index is 12.3. The quantitative estimate of drug-likeness (QED) is 0.492. The van der Waals surface area contributed by atoms with E-state index in [2.05, 4.69) is 31.9 Å². The molecule has 0 fully saturated rings. The molecule has 0 aliphatic carbocycles. The summed E-state index contributed by atoms with van der Waals surface area (Å²) in [5.74, 6) is -1.22. The number of ether oxygens (including phenoxy) is 2. The Kier molecular flexibility index (Phi) is 6.39. The molecule has 0 spiro atoms. The molecular weight excluding hydrogens is 444 g/mol. The number of hydrogen-bond acceptors (Lipinski definition) is 4. The highest BCUT2D eigenvalue weighted by atomic mass is 79.9. The molecule has 2 aromatic carbocycles. The number of carboxylic acid groups (broad SMARTS) is 1. The van der Waals surface area contributed by atoms with Gasteiger partial charge >= 0.3 is 11.9 Å². The Balaban J connectivity index is 2.21. The van der Waals surface area contributed by atoms with Gasteiger partial charge in [0.1, 0.15) is 17.1 Å². The molecule has 0 bridgehead atoms. The van der Waals surface area contributed by atoms with Crippen molar-refractivity contribution in [3.8, 4) is 11.5 Å². The van der Waals surface area contributed by atoms with Crippen LogP contribution in [0.15, 0.2) is 45.3 Å². The van der Waals surface area contributed by atoms with E-state index in [1.54, 1.807) is 24.3 Å². The van der Waals surface area contributed by atoms with Gasteiger partial charge in [-0.3, -0.25) is 0 Å². The zero-order chi connectivity index (χ0) is 17.7. The number of halogens is 2.